The fourth-order valence-corrected chi connectivity index (χ4v) is 3.29. The summed E-state index contributed by atoms with van der Waals surface area (Å²) in [6.07, 6.45) is 1.71. The molecule has 0 aliphatic carbocycles. The fourth-order valence-electron chi connectivity index (χ4n) is 3.29. The Morgan fingerprint density at radius 3 is 2.91 bits per heavy atom. The predicted molar refractivity (Wildman–Crippen MR) is 86.1 cm³/mol. The van der Waals surface area contributed by atoms with Crippen LogP contribution in [0.5, 0.6) is 5.75 Å². The molecule has 1 aliphatic rings. The second-order valence-corrected chi connectivity index (χ2v) is 5.88. The van der Waals surface area contributed by atoms with Gasteiger partial charge in [-0.2, -0.15) is 0 Å². The molecular weight excluding hydrogens is 278 g/mol. The van der Waals surface area contributed by atoms with Crippen molar-refractivity contribution in [3.8, 4) is 5.75 Å². The molecule has 1 unspecified atom stereocenters. The number of fused-ring (bicyclic) bond motifs is 1. The van der Waals surface area contributed by atoms with Gasteiger partial charge in [0.15, 0.2) is 0 Å². The van der Waals surface area contributed by atoms with E-state index in [1.165, 1.54) is 10.8 Å². The SMILES string of the molecule is COc1ccc2ccccc2c1CN1CCCC(C(=O)O)C1. The van der Waals surface area contributed by atoms with Crippen LogP contribution in [0.2, 0.25) is 0 Å². The van der Waals surface area contributed by atoms with E-state index in [0.29, 0.717) is 6.54 Å². The molecule has 0 radical (unpaired) electrons. The smallest absolute Gasteiger partial charge is 0.307 e. The number of nitrogens with zero attached hydrogens (tertiary/aromatic N) is 1. The van der Waals surface area contributed by atoms with E-state index in [2.05, 4.69) is 23.1 Å². The maximum atomic E-state index is 11.2. The van der Waals surface area contributed by atoms with Crippen LogP contribution in [-0.2, 0) is 11.3 Å². The Hall–Kier alpha value is -2.07. The number of benzene rings is 2. The van der Waals surface area contributed by atoms with Gasteiger partial charge in [-0.1, -0.05) is 30.3 Å². The lowest BCUT2D eigenvalue weighted by Gasteiger charge is -2.31. The average molecular weight is 299 g/mol. The normalized spacial score (nSPS) is 19.2. The summed E-state index contributed by atoms with van der Waals surface area (Å²) in [5, 5.41) is 11.6. The Bertz CT molecular complexity index is 683. The van der Waals surface area contributed by atoms with Crippen LogP contribution in [0.15, 0.2) is 36.4 Å². The molecule has 0 aromatic heterocycles. The number of likely N-dealkylation sites (tertiary alicyclic amines) is 1. The van der Waals surface area contributed by atoms with Gasteiger partial charge in [0.25, 0.3) is 0 Å². The summed E-state index contributed by atoms with van der Waals surface area (Å²) in [5.74, 6) is -0.0690. The summed E-state index contributed by atoms with van der Waals surface area (Å²) < 4.78 is 5.53. The number of ether oxygens (including phenoxy) is 1. The average Bonchev–Trinajstić information content (AvgIpc) is 2.55. The van der Waals surface area contributed by atoms with Crippen LogP contribution in [0.1, 0.15) is 18.4 Å². The summed E-state index contributed by atoms with van der Waals surface area (Å²) in [5.41, 5.74) is 1.15. The van der Waals surface area contributed by atoms with Gasteiger partial charge in [-0.15, -0.1) is 0 Å². The van der Waals surface area contributed by atoms with Crippen molar-refractivity contribution in [2.24, 2.45) is 5.92 Å². The lowest BCUT2D eigenvalue weighted by atomic mass is 9.96. The monoisotopic (exact) mass is 299 g/mol. The third-order valence-corrected chi connectivity index (χ3v) is 4.45. The number of aliphatic carboxylic acids is 1. The van der Waals surface area contributed by atoms with Gasteiger partial charge in [0.2, 0.25) is 0 Å². The van der Waals surface area contributed by atoms with Crippen molar-refractivity contribution >= 4 is 16.7 Å². The van der Waals surface area contributed by atoms with Crippen molar-refractivity contribution in [3.05, 3.63) is 42.0 Å². The summed E-state index contributed by atoms with van der Waals surface area (Å²) in [4.78, 5) is 13.5. The lowest BCUT2D eigenvalue weighted by Crippen LogP contribution is -2.38. The van der Waals surface area contributed by atoms with Crippen molar-refractivity contribution in [3.63, 3.8) is 0 Å². The van der Waals surface area contributed by atoms with Crippen LogP contribution in [0, 0.1) is 5.92 Å². The van der Waals surface area contributed by atoms with Crippen LogP contribution < -0.4 is 4.74 Å². The minimum Gasteiger partial charge on any atom is -0.496 e. The zero-order valence-electron chi connectivity index (χ0n) is 12.8. The number of carboxylic acids is 1. The lowest BCUT2D eigenvalue weighted by molar-refractivity contribution is -0.143. The number of carboxylic acid groups (broad SMARTS) is 1. The highest BCUT2D eigenvalue weighted by Gasteiger charge is 2.26. The molecule has 1 heterocycles. The second-order valence-electron chi connectivity index (χ2n) is 5.88. The zero-order valence-corrected chi connectivity index (χ0v) is 12.8. The third kappa shape index (κ3) is 2.92. The van der Waals surface area contributed by atoms with Crippen molar-refractivity contribution in [1.29, 1.82) is 0 Å². The van der Waals surface area contributed by atoms with Gasteiger partial charge in [0.1, 0.15) is 5.75 Å². The summed E-state index contributed by atoms with van der Waals surface area (Å²) >= 11 is 0. The van der Waals surface area contributed by atoms with Gasteiger partial charge in [0, 0.05) is 18.7 Å². The van der Waals surface area contributed by atoms with Gasteiger partial charge in [-0.05, 0) is 36.2 Å². The van der Waals surface area contributed by atoms with Gasteiger partial charge in [-0.3, -0.25) is 9.69 Å². The van der Waals surface area contributed by atoms with Crippen LogP contribution in [0.25, 0.3) is 10.8 Å². The molecule has 0 spiro atoms. The van der Waals surface area contributed by atoms with E-state index in [1.807, 2.05) is 18.2 Å². The van der Waals surface area contributed by atoms with Crippen LogP contribution in [-0.4, -0.2) is 36.2 Å². The minimum absolute atomic E-state index is 0.255. The standard InChI is InChI=1S/C18H21NO3/c1-22-17-9-8-13-5-2-3-7-15(13)16(17)12-19-10-4-6-14(11-19)18(20)21/h2-3,5,7-9,14H,4,6,10-12H2,1H3,(H,20,21). The van der Waals surface area contributed by atoms with Crippen LogP contribution >= 0.6 is 0 Å². The molecule has 1 fully saturated rings. The van der Waals surface area contributed by atoms with E-state index >= 15 is 0 Å². The molecule has 2 aromatic rings. The van der Waals surface area contributed by atoms with E-state index in [1.54, 1.807) is 7.11 Å². The maximum absolute atomic E-state index is 11.2. The Balaban J connectivity index is 1.90. The Morgan fingerprint density at radius 2 is 2.14 bits per heavy atom. The molecule has 1 saturated heterocycles. The van der Waals surface area contributed by atoms with Crippen LogP contribution in [0.3, 0.4) is 0 Å². The van der Waals surface area contributed by atoms with E-state index in [0.717, 1.165) is 37.2 Å². The number of carbonyl (C=O) groups is 1. The first-order chi connectivity index (χ1) is 10.7. The molecule has 1 N–H and O–H groups in total. The number of piperidine rings is 1. The molecule has 1 atom stereocenters. The van der Waals surface area contributed by atoms with E-state index in [4.69, 9.17) is 4.74 Å². The first kappa shape index (κ1) is 14.9. The highest BCUT2D eigenvalue weighted by Crippen LogP contribution is 2.30. The first-order valence-electron chi connectivity index (χ1n) is 7.69. The van der Waals surface area contributed by atoms with E-state index in [-0.39, 0.29) is 5.92 Å². The van der Waals surface area contributed by atoms with Crippen LogP contribution in [0.4, 0.5) is 0 Å². The van der Waals surface area contributed by atoms with Crippen molar-refractivity contribution in [1.82, 2.24) is 4.90 Å². The molecule has 4 nitrogen and oxygen atoms in total. The largest absolute Gasteiger partial charge is 0.496 e. The van der Waals surface area contributed by atoms with Gasteiger partial charge >= 0.3 is 5.97 Å². The molecule has 3 rings (SSSR count). The third-order valence-electron chi connectivity index (χ3n) is 4.45. The van der Waals surface area contributed by atoms with E-state index < -0.39 is 5.97 Å². The van der Waals surface area contributed by atoms with E-state index in [9.17, 15) is 9.90 Å². The molecule has 116 valence electrons. The zero-order chi connectivity index (χ0) is 15.5. The first-order valence-corrected chi connectivity index (χ1v) is 7.69. The summed E-state index contributed by atoms with van der Waals surface area (Å²) in [6, 6.07) is 12.3. The quantitative estimate of drug-likeness (QED) is 0.942. The molecule has 0 saturated carbocycles. The Kier molecular flexibility index (Phi) is 4.29. The van der Waals surface area contributed by atoms with Crippen molar-refractivity contribution in [2.45, 2.75) is 19.4 Å². The maximum Gasteiger partial charge on any atom is 0.307 e. The van der Waals surface area contributed by atoms with Gasteiger partial charge in [-0.25, -0.2) is 0 Å². The van der Waals surface area contributed by atoms with Crippen molar-refractivity contribution < 1.29 is 14.6 Å². The second kappa shape index (κ2) is 6.36. The number of methoxy groups -OCH3 is 1. The van der Waals surface area contributed by atoms with Crippen molar-refractivity contribution in [2.75, 3.05) is 20.2 Å². The predicted octanol–water partition coefficient (Wildman–Crippen LogP) is 3.15. The molecule has 0 amide bonds. The molecule has 2 aromatic carbocycles. The Labute approximate surface area is 130 Å². The number of hydrogen-bond acceptors (Lipinski definition) is 3. The van der Waals surface area contributed by atoms with Gasteiger partial charge in [0.05, 0.1) is 13.0 Å². The topological polar surface area (TPSA) is 49.8 Å². The molecular formula is C18H21NO3. The Morgan fingerprint density at radius 1 is 1.32 bits per heavy atom. The fraction of sp³-hybridized carbons (Fsp3) is 0.389. The highest BCUT2D eigenvalue weighted by molar-refractivity contribution is 5.87. The summed E-state index contributed by atoms with van der Waals surface area (Å²) in [6.45, 7) is 2.28. The minimum atomic E-state index is -0.686. The molecule has 0 bridgehead atoms. The molecule has 1 aliphatic heterocycles. The number of hydrogen-bond donors (Lipinski definition) is 1. The molecule has 4 heteroatoms. The van der Waals surface area contributed by atoms with Gasteiger partial charge < -0.3 is 9.84 Å². The summed E-state index contributed by atoms with van der Waals surface area (Å²) in [7, 11) is 1.68. The number of rotatable bonds is 4. The highest BCUT2D eigenvalue weighted by atomic mass is 16.5. The molecule has 22 heavy (non-hydrogen) atoms.